The first-order chi connectivity index (χ1) is 8.68. The van der Waals surface area contributed by atoms with Gasteiger partial charge >= 0.3 is 0 Å². The van der Waals surface area contributed by atoms with Gasteiger partial charge in [-0.2, -0.15) is 0 Å². The Hall–Kier alpha value is -1.57. The first-order valence-corrected chi connectivity index (χ1v) is 6.78. The second-order valence-electron chi connectivity index (χ2n) is 5.08. The number of aryl methyl sites for hydroxylation is 1. The molecule has 96 valence electrons. The molecule has 2 nitrogen and oxygen atoms in total. The molecule has 0 atom stereocenters. The van der Waals surface area contributed by atoms with Gasteiger partial charge in [-0.25, -0.2) is 0 Å². The lowest BCUT2D eigenvalue weighted by Crippen LogP contribution is -2.06. The summed E-state index contributed by atoms with van der Waals surface area (Å²) in [5, 5.41) is 0. The van der Waals surface area contributed by atoms with Crippen molar-refractivity contribution in [2.24, 2.45) is 0 Å². The molecular formula is C16H21NO. The van der Waals surface area contributed by atoms with Crippen LogP contribution in [0.1, 0.15) is 54.4 Å². The topological polar surface area (TPSA) is 43.1 Å². The molecule has 1 aromatic rings. The maximum atomic E-state index is 12.4. The molecule has 1 aliphatic carbocycles. The van der Waals surface area contributed by atoms with Crippen LogP contribution in [-0.2, 0) is 0 Å². The molecule has 0 fully saturated rings. The monoisotopic (exact) mass is 243 g/mol. The number of Topliss-reactive ketones (excluding diaryl/α,β-unsaturated/α-hetero) is 1. The minimum Gasteiger partial charge on any atom is -0.399 e. The molecule has 0 spiro atoms. The quantitative estimate of drug-likeness (QED) is 0.629. The average Bonchev–Trinajstić information content (AvgIpc) is 2.31. The molecule has 0 radical (unpaired) electrons. The second kappa shape index (κ2) is 5.85. The summed E-state index contributed by atoms with van der Waals surface area (Å²) < 4.78 is 0. The normalized spacial score (nSPS) is 19.5. The molecule has 0 heterocycles. The van der Waals surface area contributed by atoms with Crippen molar-refractivity contribution in [1.29, 1.82) is 0 Å². The largest absolute Gasteiger partial charge is 0.399 e. The first kappa shape index (κ1) is 12.9. The minimum atomic E-state index is 0.181. The second-order valence-corrected chi connectivity index (χ2v) is 5.08. The zero-order valence-corrected chi connectivity index (χ0v) is 11.0. The predicted molar refractivity (Wildman–Crippen MR) is 75.7 cm³/mol. The van der Waals surface area contributed by atoms with Crippen molar-refractivity contribution in [3.8, 4) is 0 Å². The zero-order chi connectivity index (χ0) is 13.0. The third-order valence-corrected chi connectivity index (χ3v) is 3.61. The predicted octanol–water partition coefficient (Wildman–Crippen LogP) is 4.04. The van der Waals surface area contributed by atoms with Crippen LogP contribution in [0.3, 0.4) is 0 Å². The van der Waals surface area contributed by atoms with Gasteiger partial charge in [0.05, 0.1) is 0 Å². The molecule has 2 N–H and O–H groups in total. The number of hydrogen-bond donors (Lipinski definition) is 1. The summed E-state index contributed by atoms with van der Waals surface area (Å²) in [4.78, 5) is 12.4. The van der Waals surface area contributed by atoms with Crippen LogP contribution in [0.2, 0.25) is 0 Å². The molecular weight excluding hydrogens is 222 g/mol. The van der Waals surface area contributed by atoms with Crippen molar-refractivity contribution in [2.45, 2.75) is 45.4 Å². The summed E-state index contributed by atoms with van der Waals surface area (Å²) in [5.41, 5.74) is 9.27. The van der Waals surface area contributed by atoms with E-state index in [4.69, 9.17) is 5.73 Å². The number of carbonyl (C=O) groups excluding carboxylic acids is 1. The highest BCUT2D eigenvalue weighted by molar-refractivity contribution is 6.08. The van der Waals surface area contributed by atoms with Gasteiger partial charge in [0.15, 0.2) is 5.78 Å². The molecule has 2 heteroatoms. The van der Waals surface area contributed by atoms with Crippen LogP contribution < -0.4 is 5.73 Å². The molecule has 1 aromatic carbocycles. The number of carbonyl (C=O) groups is 1. The van der Waals surface area contributed by atoms with E-state index in [-0.39, 0.29) is 5.78 Å². The number of hydrogen-bond acceptors (Lipinski definition) is 2. The number of anilines is 1. The van der Waals surface area contributed by atoms with E-state index in [1.54, 1.807) is 0 Å². The molecule has 2 rings (SSSR count). The number of benzene rings is 1. The average molecular weight is 243 g/mol. The van der Waals surface area contributed by atoms with Crippen LogP contribution in [0, 0.1) is 6.92 Å². The van der Waals surface area contributed by atoms with Gasteiger partial charge in [-0.05, 0) is 61.9 Å². The standard InChI is InChI=1S/C16H21NO/c1-12-11-14(9-10-15(12)17)16(18)13-7-5-3-2-4-6-8-13/h7,9-11H,2-6,8,17H2,1H3/b13-7+. The molecule has 0 amide bonds. The lowest BCUT2D eigenvalue weighted by Gasteiger charge is -2.11. The van der Waals surface area contributed by atoms with Gasteiger partial charge in [-0.15, -0.1) is 0 Å². The Bertz CT molecular complexity index is 474. The van der Waals surface area contributed by atoms with E-state index < -0.39 is 0 Å². The number of nitrogen functional groups attached to an aromatic ring is 1. The molecule has 0 aliphatic heterocycles. The van der Waals surface area contributed by atoms with E-state index in [9.17, 15) is 4.79 Å². The Kier molecular flexibility index (Phi) is 4.19. The van der Waals surface area contributed by atoms with Gasteiger partial charge < -0.3 is 5.73 Å². The minimum absolute atomic E-state index is 0.181. The Labute approximate surface area is 109 Å². The Morgan fingerprint density at radius 1 is 1.17 bits per heavy atom. The number of rotatable bonds is 2. The molecule has 18 heavy (non-hydrogen) atoms. The Morgan fingerprint density at radius 3 is 2.72 bits per heavy atom. The SMILES string of the molecule is Cc1cc(C(=O)/C2=C/CCCCCC2)ccc1N. The summed E-state index contributed by atoms with van der Waals surface area (Å²) in [5.74, 6) is 0.181. The van der Waals surface area contributed by atoms with Crippen LogP contribution in [0.4, 0.5) is 5.69 Å². The van der Waals surface area contributed by atoms with E-state index in [1.165, 1.54) is 19.3 Å². The lowest BCUT2D eigenvalue weighted by molar-refractivity contribution is 0.102. The summed E-state index contributed by atoms with van der Waals surface area (Å²) >= 11 is 0. The third kappa shape index (κ3) is 3.00. The lowest BCUT2D eigenvalue weighted by atomic mass is 9.93. The van der Waals surface area contributed by atoms with Gasteiger partial charge in [0.25, 0.3) is 0 Å². The van der Waals surface area contributed by atoms with Crippen LogP contribution in [0.25, 0.3) is 0 Å². The Morgan fingerprint density at radius 2 is 1.94 bits per heavy atom. The molecule has 0 unspecified atom stereocenters. The molecule has 0 saturated carbocycles. The highest BCUT2D eigenvalue weighted by atomic mass is 16.1. The van der Waals surface area contributed by atoms with E-state index in [0.29, 0.717) is 0 Å². The van der Waals surface area contributed by atoms with Gasteiger partial charge in [-0.3, -0.25) is 4.79 Å². The van der Waals surface area contributed by atoms with Gasteiger partial charge in [0.1, 0.15) is 0 Å². The zero-order valence-electron chi connectivity index (χ0n) is 11.0. The third-order valence-electron chi connectivity index (χ3n) is 3.61. The fourth-order valence-electron chi connectivity index (χ4n) is 2.40. The van der Waals surface area contributed by atoms with Crippen LogP contribution in [0.5, 0.6) is 0 Å². The van der Waals surface area contributed by atoms with Crippen molar-refractivity contribution < 1.29 is 4.79 Å². The Balaban J connectivity index is 2.21. The van der Waals surface area contributed by atoms with Gasteiger partial charge in [-0.1, -0.05) is 18.9 Å². The summed E-state index contributed by atoms with van der Waals surface area (Å²) in [6, 6.07) is 5.56. The van der Waals surface area contributed by atoms with Gasteiger partial charge in [0.2, 0.25) is 0 Å². The fourth-order valence-corrected chi connectivity index (χ4v) is 2.40. The van der Waals surface area contributed by atoms with Crippen LogP contribution in [0.15, 0.2) is 29.8 Å². The summed E-state index contributed by atoms with van der Waals surface area (Å²) in [6.45, 7) is 1.94. The number of nitrogens with two attached hydrogens (primary N) is 1. The number of ketones is 1. The van der Waals surface area contributed by atoms with Crippen molar-refractivity contribution in [2.75, 3.05) is 5.73 Å². The summed E-state index contributed by atoms with van der Waals surface area (Å²) in [7, 11) is 0. The highest BCUT2D eigenvalue weighted by Gasteiger charge is 2.13. The van der Waals surface area contributed by atoms with Crippen molar-refractivity contribution in [1.82, 2.24) is 0 Å². The first-order valence-electron chi connectivity index (χ1n) is 6.78. The highest BCUT2D eigenvalue weighted by Crippen LogP contribution is 2.22. The molecule has 0 bridgehead atoms. The van der Waals surface area contributed by atoms with Crippen LogP contribution >= 0.6 is 0 Å². The van der Waals surface area contributed by atoms with E-state index >= 15 is 0 Å². The van der Waals surface area contributed by atoms with Crippen LogP contribution in [-0.4, -0.2) is 5.78 Å². The maximum Gasteiger partial charge on any atom is 0.188 e. The molecule has 1 aliphatic rings. The van der Waals surface area contributed by atoms with Gasteiger partial charge in [0, 0.05) is 11.3 Å². The van der Waals surface area contributed by atoms with E-state index in [0.717, 1.165) is 41.6 Å². The number of allylic oxidation sites excluding steroid dienone is 2. The summed E-state index contributed by atoms with van der Waals surface area (Å²) in [6.07, 6.45) is 8.96. The maximum absolute atomic E-state index is 12.4. The van der Waals surface area contributed by atoms with E-state index in [2.05, 4.69) is 6.08 Å². The molecule has 0 saturated heterocycles. The van der Waals surface area contributed by atoms with Crippen molar-refractivity contribution >= 4 is 11.5 Å². The fraction of sp³-hybridized carbons (Fsp3) is 0.438. The van der Waals surface area contributed by atoms with Crippen molar-refractivity contribution in [3.63, 3.8) is 0 Å². The van der Waals surface area contributed by atoms with Crippen molar-refractivity contribution in [3.05, 3.63) is 41.0 Å². The smallest absolute Gasteiger partial charge is 0.188 e. The molecule has 0 aromatic heterocycles. The van der Waals surface area contributed by atoms with E-state index in [1.807, 2.05) is 25.1 Å².